The van der Waals surface area contributed by atoms with Crippen molar-refractivity contribution in [2.75, 3.05) is 26.2 Å². The molecule has 1 aromatic carbocycles. The fourth-order valence-electron chi connectivity index (χ4n) is 6.68. The van der Waals surface area contributed by atoms with Gasteiger partial charge in [-0.15, -0.1) is 0 Å². The first kappa shape index (κ1) is 30.0. The summed E-state index contributed by atoms with van der Waals surface area (Å²) in [7, 11) is 0. The zero-order chi connectivity index (χ0) is 28.9. The molecule has 2 N–H and O–H groups in total. The summed E-state index contributed by atoms with van der Waals surface area (Å²) in [4.78, 5) is 42.7. The van der Waals surface area contributed by atoms with Gasteiger partial charge in [0.15, 0.2) is 0 Å². The molecule has 0 spiro atoms. The van der Waals surface area contributed by atoms with Crippen LogP contribution >= 0.6 is 0 Å². The highest BCUT2D eigenvalue weighted by Gasteiger charge is 2.39. The monoisotopic (exact) mass is 551 g/mol. The minimum Gasteiger partial charge on any atom is -0.344 e. The summed E-state index contributed by atoms with van der Waals surface area (Å²) < 4.78 is 0. The fourth-order valence-corrected chi connectivity index (χ4v) is 6.68. The van der Waals surface area contributed by atoms with Crippen LogP contribution in [0.1, 0.15) is 82.4 Å². The standard InChI is InChI=1S/C31H45N5O4/c1-31(2,3)28(33-29(38)26(20-36(40)21-37)16-22-6-4-5-7-22)30(39)34-14-11-27(12-15-34)35-13-10-24-17-23(18-32)8-9-25(24)19-35/h8-9,17,21-22,26-28,40H,4-7,10-16,19-20H2,1-3H3,(H,33,38)/t26-,28-/m1/s1. The number of amides is 3. The topological polar surface area (TPSA) is 117 Å². The molecule has 0 aromatic heterocycles. The normalized spacial score (nSPS) is 20.3. The number of fused-ring (bicyclic) bond motifs is 1. The number of nitrogens with zero attached hydrogens (tertiary/aromatic N) is 4. The van der Waals surface area contributed by atoms with Crippen molar-refractivity contribution in [2.45, 2.75) is 90.8 Å². The predicted molar refractivity (Wildman–Crippen MR) is 151 cm³/mol. The number of carbonyl (C=O) groups is 3. The Kier molecular flexibility index (Phi) is 9.85. The van der Waals surface area contributed by atoms with Gasteiger partial charge >= 0.3 is 0 Å². The zero-order valence-electron chi connectivity index (χ0n) is 24.3. The maximum Gasteiger partial charge on any atom is 0.245 e. The Balaban J connectivity index is 1.36. The lowest BCUT2D eigenvalue weighted by atomic mass is 9.84. The minimum absolute atomic E-state index is 0.0665. The first-order valence-corrected chi connectivity index (χ1v) is 14.8. The molecule has 1 saturated carbocycles. The van der Waals surface area contributed by atoms with E-state index in [1.807, 2.05) is 37.8 Å². The van der Waals surface area contributed by atoms with Crippen molar-refractivity contribution in [2.24, 2.45) is 17.3 Å². The van der Waals surface area contributed by atoms with E-state index in [1.165, 1.54) is 11.1 Å². The number of benzene rings is 1. The number of piperidine rings is 1. The van der Waals surface area contributed by atoms with Gasteiger partial charge in [-0.05, 0) is 60.3 Å². The molecule has 1 aliphatic carbocycles. The van der Waals surface area contributed by atoms with Crippen LogP contribution in [0.5, 0.6) is 0 Å². The van der Waals surface area contributed by atoms with Gasteiger partial charge in [-0.1, -0.05) is 52.5 Å². The third-order valence-electron chi connectivity index (χ3n) is 9.06. The van der Waals surface area contributed by atoms with E-state index < -0.39 is 17.4 Å². The van der Waals surface area contributed by atoms with E-state index >= 15 is 0 Å². The largest absolute Gasteiger partial charge is 0.344 e. The minimum atomic E-state index is -0.692. The van der Waals surface area contributed by atoms with Crippen molar-refractivity contribution in [3.05, 3.63) is 34.9 Å². The molecule has 9 nitrogen and oxygen atoms in total. The SMILES string of the molecule is CC(C)(C)[C@H](NC(=O)[C@H](CC1CCCC1)CN(O)C=O)C(=O)N1CCC(N2CCc3cc(C#N)ccc3C2)CC1. The second kappa shape index (κ2) is 13.1. The maximum absolute atomic E-state index is 13.8. The van der Waals surface area contributed by atoms with Crippen LogP contribution in [-0.4, -0.2) is 76.6 Å². The first-order chi connectivity index (χ1) is 19.1. The van der Waals surface area contributed by atoms with Gasteiger partial charge in [-0.2, -0.15) is 5.26 Å². The van der Waals surface area contributed by atoms with E-state index in [2.05, 4.69) is 22.4 Å². The van der Waals surface area contributed by atoms with Crippen LogP contribution in [0.25, 0.3) is 0 Å². The Hall–Kier alpha value is -2.96. The Morgan fingerprint density at radius 1 is 1.15 bits per heavy atom. The van der Waals surface area contributed by atoms with Gasteiger partial charge in [-0.25, -0.2) is 5.06 Å². The van der Waals surface area contributed by atoms with Crippen LogP contribution in [0.3, 0.4) is 0 Å². The van der Waals surface area contributed by atoms with Crippen molar-refractivity contribution in [3.63, 3.8) is 0 Å². The zero-order valence-corrected chi connectivity index (χ0v) is 24.3. The van der Waals surface area contributed by atoms with Crippen LogP contribution < -0.4 is 5.32 Å². The Labute approximate surface area is 238 Å². The maximum atomic E-state index is 13.8. The summed E-state index contributed by atoms with van der Waals surface area (Å²) in [5, 5.41) is 22.6. The average Bonchev–Trinajstić information content (AvgIpc) is 3.47. The van der Waals surface area contributed by atoms with Crippen molar-refractivity contribution >= 4 is 18.2 Å². The smallest absolute Gasteiger partial charge is 0.245 e. The third-order valence-corrected chi connectivity index (χ3v) is 9.06. The van der Waals surface area contributed by atoms with Gasteiger partial charge in [0.2, 0.25) is 18.2 Å². The first-order valence-electron chi connectivity index (χ1n) is 14.8. The molecule has 3 aliphatic rings. The van der Waals surface area contributed by atoms with Crippen molar-refractivity contribution in [1.29, 1.82) is 5.26 Å². The molecule has 2 fully saturated rings. The highest BCUT2D eigenvalue weighted by molar-refractivity contribution is 5.89. The molecule has 9 heteroatoms. The van der Waals surface area contributed by atoms with Gasteiger partial charge in [0.25, 0.3) is 0 Å². The van der Waals surface area contributed by atoms with Crippen LogP contribution in [0.2, 0.25) is 0 Å². The molecule has 2 heterocycles. The van der Waals surface area contributed by atoms with E-state index in [4.69, 9.17) is 0 Å². The molecule has 0 radical (unpaired) electrons. The molecule has 1 saturated heterocycles. The molecule has 2 atom stereocenters. The number of hydroxylamine groups is 2. The number of likely N-dealkylation sites (tertiary alicyclic amines) is 1. The molecule has 0 bridgehead atoms. The lowest BCUT2D eigenvalue weighted by molar-refractivity contribution is -0.156. The van der Waals surface area contributed by atoms with Gasteiger partial charge in [0.05, 0.1) is 24.1 Å². The highest BCUT2D eigenvalue weighted by atomic mass is 16.5. The van der Waals surface area contributed by atoms with Crippen molar-refractivity contribution in [1.82, 2.24) is 20.2 Å². The number of rotatable bonds is 9. The summed E-state index contributed by atoms with van der Waals surface area (Å²) in [6.07, 6.45) is 8.00. The molecule has 218 valence electrons. The summed E-state index contributed by atoms with van der Waals surface area (Å²) in [5.74, 6) is -0.507. The molecule has 0 unspecified atom stereocenters. The molecule has 40 heavy (non-hydrogen) atoms. The second-order valence-electron chi connectivity index (χ2n) is 13.0. The molecular weight excluding hydrogens is 506 g/mol. The van der Waals surface area contributed by atoms with Crippen LogP contribution in [-0.2, 0) is 27.3 Å². The molecular formula is C31H45N5O4. The Bertz CT molecular complexity index is 1100. The van der Waals surface area contributed by atoms with Gasteiger partial charge < -0.3 is 10.2 Å². The molecule has 4 rings (SSSR count). The van der Waals surface area contributed by atoms with Crippen molar-refractivity contribution in [3.8, 4) is 6.07 Å². The predicted octanol–water partition coefficient (Wildman–Crippen LogP) is 3.48. The van der Waals surface area contributed by atoms with E-state index in [0.717, 1.165) is 58.0 Å². The number of carbonyl (C=O) groups excluding carboxylic acids is 3. The van der Waals surface area contributed by atoms with Crippen LogP contribution in [0.15, 0.2) is 18.2 Å². The Morgan fingerprint density at radius 3 is 2.48 bits per heavy atom. The third kappa shape index (κ3) is 7.41. The quantitative estimate of drug-likeness (QED) is 0.276. The van der Waals surface area contributed by atoms with Gasteiger partial charge in [0, 0.05) is 32.2 Å². The second-order valence-corrected chi connectivity index (χ2v) is 13.0. The van der Waals surface area contributed by atoms with E-state index in [-0.39, 0.29) is 18.4 Å². The molecule has 2 aliphatic heterocycles. The number of hydrogen-bond donors (Lipinski definition) is 2. The number of nitrogens with one attached hydrogen (secondary N) is 1. The Morgan fingerprint density at radius 2 is 1.85 bits per heavy atom. The van der Waals surface area contributed by atoms with Crippen LogP contribution in [0, 0.1) is 28.6 Å². The highest BCUT2D eigenvalue weighted by Crippen LogP contribution is 2.32. The van der Waals surface area contributed by atoms with E-state index in [0.29, 0.717) is 48.5 Å². The van der Waals surface area contributed by atoms with Gasteiger partial charge in [-0.3, -0.25) is 24.5 Å². The summed E-state index contributed by atoms with van der Waals surface area (Å²) in [6.45, 7) is 8.91. The lowest BCUT2D eigenvalue weighted by Gasteiger charge is -2.42. The summed E-state index contributed by atoms with van der Waals surface area (Å²) >= 11 is 0. The number of hydrogen-bond acceptors (Lipinski definition) is 6. The van der Waals surface area contributed by atoms with E-state index in [1.54, 1.807) is 0 Å². The van der Waals surface area contributed by atoms with Crippen LogP contribution in [0.4, 0.5) is 0 Å². The van der Waals surface area contributed by atoms with Crippen molar-refractivity contribution < 1.29 is 19.6 Å². The lowest BCUT2D eigenvalue weighted by Crippen LogP contribution is -2.58. The fraction of sp³-hybridized carbons (Fsp3) is 0.677. The van der Waals surface area contributed by atoms with E-state index in [9.17, 15) is 24.9 Å². The number of nitriles is 1. The summed E-state index contributed by atoms with van der Waals surface area (Å²) in [6, 6.07) is 7.89. The summed E-state index contributed by atoms with van der Waals surface area (Å²) in [5.41, 5.74) is 2.75. The average molecular weight is 552 g/mol. The van der Waals surface area contributed by atoms with Gasteiger partial charge in [0.1, 0.15) is 6.04 Å². The molecule has 1 aromatic rings. The molecule has 3 amide bonds.